The molecule has 1 unspecified atom stereocenters. The van der Waals surface area contributed by atoms with Gasteiger partial charge in [-0.05, 0) is 63.1 Å². The third-order valence-corrected chi connectivity index (χ3v) is 8.02. The van der Waals surface area contributed by atoms with Crippen LogP contribution in [0.1, 0.15) is 36.0 Å². The van der Waals surface area contributed by atoms with E-state index in [2.05, 4.69) is 67.3 Å². The minimum atomic E-state index is -0.785. The number of hydrogen-bond acceptors (Lipinski definition) is 6. The van der Waals surface area contributed by atoms with E-state index in [1.807, 2.05) is 14.1 Å². The Kier molecular flexibility index (Phi) is 9.86. The Labute approximate surface area is 242 Å². The molecule has 41 heavy (non-hydrogen) atoms. The fraction of sp³-hybridized carbons (Fsp3) is 0.484. The molecule has 10 nitrogen and oxygen atoms in total. The van der Waals surface area contributed by atoms with Crippen LogP contribution in [0.4, 0.5) is 15.3 Å². The van der Waals surface area contributed by atoms with Gasteiger partial charge in [-0.1, -0.05) is 52.6 Å². The lowest BCUT2D eigenvalue weighted by molar-refractivity contribution is -0.152. The predicted molar refractivity (Wildman–Crippen MR) is 156 cm³/mol. The van der Waals surface area contributed by atoms with Crippen molar-refractivity contribution < 1.29 is 24.0 Å². The molecule has 0 aromatic heterocycles. The van der Waals surface area contributed by atoms with Crippen molar-refractivity contribution in [3.8, 4) is 0 Å². The van der Waals surface area contributed by atoms with Crippen LogP contribution < -0.4 is 4.90 Å². The van der Waals surface area contributed by atoms with Crippen molar-refractivity contribution in [2.75, 3.05) is 51.7 Å². The Hall–Kier alpha value is -4.08. The van der Waals surface area contributed by atoms with E-state index in [-0.39, 0.29) is 13.1 Å². The fourth-order valence-corrected chi connectivity index (χ4v) is 5.28. The monoisotopic (exact) mass is 563 g/mol. The summed E-state index contributed by atoms with van der Waals surface area (Å²) in [4.78, 5) is 60.2. The van der Waals surface area contributed by atoms with Gasteiger partial charge < -0.3 is 24.4 Å². The molecule has 0 bridgehead atoms. The number of anilines is 1. The molecule has 0 spiro atoms. The molecule has 0 N–H and O–H groups in total. The molecule has 3 saturated heterocycles. The van der Waals surface area contributed by atoms with Crippen LogP contribution in [-0.2, 0) is 20.8 Å². The molecule has 0 aliphatic carbocycles. The van der Waals surface area contributed by atoms with Crippen molar-refractivity contribution in [2.45, 2.75) is 45.6 Å². The van der Waals surface area contributed by atoms with Gasteiger partial charge in [0.25, 0.3) is 5.91 Å². The fourth-order valence-electron chi connectivity index (χ4n) is 5.28. The minimum Gasteiger partial charge on any atom is -0.378 e. The van der Waals surface area contributed by atoms with E-state index in [1.54, 1.807) is 4.90 Å². The van der Waals surface area contributed by atoms with Crippen molar-refractivity contribution in [3.05, 3.63) is 65.2 Å². The van der Waals surface area contributed by atoms with Gasteiger partial charge in [-0.2, -0.15) is 0 Å². The first-order valence-electron chi connectivity index (χ1n) is 14.3. The van der Waals surface area contributed by atoms with E-state index in [4.69, 9.17) is 4.84 Å². The van der Waals surface area contributed by atoms with Gasteiger partial charge in [-0.25, -0.2) is 9.59 Å². The zero-order valence-corrected chi connectivity index (χ0v) is 24.5. The summed E-state index contributed by atoms with van der Waals surface area (Å²) in [7, 11) is 4.09. The molecule has 5 rings (SSSR count). The first-order valence-corrected chi connectivity index (χ1v) is 14.3. The van der Waals surface area contributed by atoms with Gasteiger partial charge in [0, 0.05) is 46.0 Å². The number of hydroxylamine groups is 2. The Morgan fingerprint density at radius 1 is 0.927 bits per heavy atom. The smallest absolute Gasteiger partial charge is 0.378 e. The molecule has 0 saturated carbocycles. The molecular formula is C31H41N5O5. The second-order valence-electron chi connectivity index (χ2n) is 11.3. The van der Waals surface area contributed by atoms with Crippen LogP contribution >= 0.6 is 0 Å². The van der Waals surface area contributed by atoms with Crippen molar-refractivity contribution in [2.24, 2.45) is 5.92 Å². The number of urea groups is 1. The highest BCUT2D eigenvalue weighted by Crippen LogP contribution is 2.25. The number of piperazine rings is 1. The number of imide groups is 1. The average Bonchev–Trinajstić information content (AvgIpc) is 3.21. The van der Waals surface area contributed by atoms with Gasteiger partial charge in [0.1, 0.15) is 6.04 Å². The normalized spacial score (nSPS) is 19.0. The molecule has 2 aromatic rings. The quantitative estimate of drug-likeness (QED) is 0.392. The summed E-state index contributed by atoms with van der Waals surface area (Å²) < 4.78 is 0. The number of piperidine rings is 1. The summed E-state index contributed by atoms with van der Waals surface area (Å²) in [5.41, 5.74) is 5.14. The molecule has 3 aliphatic heterocycles. The lowest BCUT2D eigenvalue weighted by Crippen LogP contribution is -2.52. The van der Waals surface area contributed by atoms with Crippen molar-refractivity contribution in [1.82, 2.24) is 19.8 Å². The number of rotatable bonds is 6. The molecular weight excluding hydrogens is 522 g/mol. The summed E-state index contributed by atoms with van der Waals surface area (Å²) in [6.45, 7) is 5.98. The van der Waals surface area contributed by atoms with Crippen molar-refractivity contribution in [3.63, 3.8) is 0 Å². The summed E-state index contributed by atoms with van der Waals surface area (Å²) in [6, 6.07) is 15.6. The number of fused-ring (bicyclic) bond motifs is 1. The SMILES string of the molecule is Cc1ccc(CCC2CCN(C(=O)ON3C(=O)C4CN(C=O)CCN4C3=O)CC2)cc1.Cc1ccc(N(C)C)cc1. The molecule has 3 aliphatic rings. The number of hydrogen-bond donors (Lipinski definition) is 0. The minimum absolute atomic E-state index is 0.120. The van der Waals surface area contributed by atoms with Crippen LogP contribution in [0.2, 0.25) is 0 Å². The second kappa shape index (κ2) is 13.5. The van der Waals surface area contributed by atoms with Gasteiger partial charge in [0.05, 0.1) is 6.54 Å². The van der Waals surface area contributed by atoms with Gasteiger partial charge in [0.2, 0.25) is 6.41 Å². The second-order valence-corrected chi connectivity index (χ2v) is 11.3. The Morgan fingerprint density at radius 3 is 2.12 bits per heavy atom. The molecule has 5 amide bonds. The van der Waals surface area contributed by atoms with Gasteiger partial charge in [-0.15, -0.1) is 0 Å². The average molecular weight is 564 g/mol. The topological polar surface area (TPSA) is 93.7 Å². The van der Waals surface area contributed by atoms with Crippen LogP contribution in [0, 0.1) is 19.8 Å². The maximum absolute atomic E-state index is 12.6. The summed E-state index contributed by atoms with van der Waals surface area (Å²) in [5.74, 6) is -0.0680. The lowest BCUT2D eigenvalue weighted by atomic mass is 9.90. The maximum atomic E-state index is 12.6. The van der Waals surface area contributed by atoms with Crippen LogP contribution in [0.5, 0.6) is 0 Å². The lowest BCUT2D eigenvalue weighted by Gasteiger charge is -2.32. The van der Waals surface area contributed by atoms with Gasteiger partial charge >= 0.3 is 12.1 Å². The van der Waals surface area contributed by atoms with Crippen LogP contribution in [0.25, 0.3) is 0 Å². The number of aryl methyl sites for hydroxylation is 3. The van der Waals surface area contributed by atoms with E-state index in [0.717, 1.165) is 25.7 Å². The Balaban J connectivity index is 0.000000328. The zero-order valence-electron chi connectivity index (χ0n) is 24.5. The molecule has 2 aromatic carbocycles. The van der Waals surface area contributed by atoms with E-state index >= 15 is 0 Å². The summed E-state index contributed by atoms with van der Waals surface area (Å²) >= 11 is 0. The van der Waals surface area contributed by atoms with Crippen LogP contribution in [0.15, 0.2) is 48.5 Å². The highest BCUT2D eigenvalue weighted by Gasteiger charge is 2.50. The summed E-state index contributed by atoms with van der Waals surface area (Å²) in [5, 5.41) is 0.560. The van der Waals surface area contributed by atoms with E-state index in [0.29, 0.717) is 37.0 Å². The number of carbonyl (C=O) groups is 4. The van der Waals surface area contributed by atoms with Crippen LogP contribution in [-0.4, -0.2) is 97.1 Å². The summed E-state index contributed by atoms with van der Waals surface area (Å²) in [6.07, 6.45) is 3.80. The number of likely N-dealkylation sites (tertiary alicyclic amines) is 1. The molecule has 1 atom stereocenters. The molecule has 0 radical (unpaired) electrons. The van der Waals surface area contributed by atoms with Gasteiger partial charge in [0.15, 0.2) is 0 Å². The highest BCUT2D eigenvalue weighted by molar-refractivity contribution is 6.04. The van der Waals surface area contributed by atoms with Gasteiger partial charge in [-0.3, -0.25) is 9.59 Å². The Bertz CT molecular complexity index is 1210. The standard InChI is InChI=1S/C22H28N4O5.C9H13N/c1-16-2-4-17(5-3-16)6-7-18-8-10-24(11-9-18)22(30)31-26-20(28)19-14-23(15-27)12-13-25(19)21(26)29;1-8-4-6-9(7-5-8)10(2)3/h2-5,15,18-19H,6-14H2,1H3;4-7H,1-3H3. The van der Waals surface area contributed by atoms with Crippen molar-refractivity contribution >= 4 is 30.1 Å². The number of carbonyl (C=O) groups excluding carboxylic acids is 4. The van der Waals surface area contributed by atoms with E-state index < -0.39 is 24.1 Å². The highest BCUT2D eigenvalue weighted by atomic mass is 16.7. The number of amides is 5. The maximum Gasteiger partial charge on any atom is 0.434 e. The molecule has 3 heterocycles. The van der Waals surface area contributed by atoms with Crippen molar-refractivity contribution in [1.29, 1.82) is 0 Å². The number of nitrogens with zero attached hydrogens (tertiary/aromatic N) is 5. The largest absolute Gasteiger partial charge is 0.434 e. The predicted octanol–water partition coefficient (Wildman–Crippen LogP) is 3.86. The molecule has 3 fully saturated rings. The third kappa shape index (κ3) is 7.56. The van der Waals surface area contributed by atoms with E-state index in [9.17, 15) is 19.2 Å². The Morgan fingerprint density at radius 2 is 1.54 bits per heavy atom. The third-order valence-electron chi connectivity index (χ3n) is 8.02. The first kappa shape index (κ1) is 29.9. The number of benzene rings is 2. The molecule has 10 heteroatoms. The zero-order chi connectivity index (χ0) is 29.5. The molecule has 220 valence electrons. The van der Waals surface area contributed by atoms with Crippen LogP contribution in [0.3, 0.4) is 0 Å². The van der Waals surface area contributed by atoms with E-state index in [1.165, 1.54) is 32.2 Å². The first-order chi connectivity index (χ1) is 19.7.